The summed E-state index contributed by atoms with van der Waals surface area (Å²) in [5, 5.41) is 8.72. The summed E-state index contributed by atoms with van der Waals surface area (Å²) in [5.74, 6) is 0. The van der Waals surface area contributed by atoms with Crippen LogP contribution in [0.1, 0.15) is 5.69 Å². The number of nitrogens with zero attached hydrogens (tertiary/aromatic N) is 2. The van der Waals surface area contributed by atoms with Gasteiger partial charge in [0.1, 0.15) is 0 Å². The van der Waals surface area contributed by atoms with E-state index in [9.17, 15) is 0 Å². The van der Waals surface area contributed by atoms with E-state index in [4.69, 9.17) is 17.3 Å². The van der Waals surface area contributed by atoms with Crippen LogP contribution in [0.4, 0.5) is 0 Å². The molecular formula is C11H10ClN3. The van der Waals surface area contributed by atoms with E-state index < -0.39 is 0 Å². The molecule has 1 aromatic heterocycles. The van der Waals surface area contributed by atoms with E-state index in [1.807, 2.05) is 36.4 Å². The number of halogens is 1. The van der Waals surface area contributed by atoms with Crippen molar-refractivity contribution in [3.63, 3.8) is 0 Å². The van der Waals surface area contributed by atoms with E-state index in [0.29, 0.717) is 11.6 Å². The molecule has 0 fully saturated rings. The lowest BCUT2D eigenvalue weighted by Gasteiger charge is -2.02. The second-order valence-electron chi connectivity index (χ2n) is 3.09. The van der Waals surface area contributed by atoms with Crippen LogP contribution in [0.3, 0.4) is 0 Å². The predicted octanol–water partition coefficient (Wildman–Crippen LogP) is 2.26. The highest BCUT2D eigenvalue weighted by atomic mass is 35.5. The van der Waals surface area contributed by atoms with Gasteiger partial charge in [-0.1, -0.05) is 29.8 Å². The average Bonchev–Trinajstić information content (AvgIpc) is 2.30. The second kappa shape index (κ2) is 4.38. The molecule has 2 aromatic rings. The standard InChI is InChI=1S/C11H10ClN3/c12-10-4-2-1-3-9(10)11-6-5-8(7-13)14-15-11/h1-6H,7,13H2. The number of nitrogens with two attached hydrogens (primary N) is 1. The lowest BCUT2D eigenvalue weighted by atomic mass is 10.1. The topological polar surface area (TPSA) is 51.8 Å². The minimum atomic E-state index is 0.399. The Bertz CT molecular complexity index is 454. The lowest BCUT2D eigenvalue weighted by molar-refractivity contribution is 0.902. The summed E-state index contributed by atoms with van der Waals surface area (Å²) in [6.07, 6.45) is 0. The zero-order valence-electron chi connectivity index (χ0n) is 8.02. The van der Waals surface area contributed by atoms with Crippen molar-refractivity contribution in [2.24, 2.45) is 5.73 Å². The van der Waals surface area contributed by atoms with Gasteiger partial charge in [0, 0.05) is 12.1 Å². The second-order valence-corrected chi connectivity index (χ2v) is 3.50. The minimum Gasteiger partial charge on any atom is -0.325 e. The number of benzene rings is 1. The van der Waals surface area contributed by atoms with Gasteiger partial charge in [-0.15, -0.1) is 0 Å². The quantitative estimate of drug-likeness (QED) is 0.843. The van der Waals surface area contributed by atoms with Crippen LogP contribution in [0.2, 0.25) is 5.02 Å². The van der Waals surface area contributed by atoms with Crippen LogP contribution in [0, 0.1) is 0 Å². The van der Waals surface area contributed by atoms with Crippen LogP contribution in [0.15, 0.2) is 36.4 Å². The molecule has 76 valence electrons. The molecule has 0 spiro atoms. The van der Waals surface area contributed by atoms with Crippen molar-refractivity contribution in [2.75, 3.05) is 0 Å². The third kappa shape index (κ3) is 2.14. The van der Waals surface area contributed by atoms with Gasteiger partial charge in [-0.2, -0.15) is 10.2 Å². The SMILES string of the molecule is NCc1ccc(-c2ccccc2Cl)nn1. The molecular weight excluding hydrogens is 210 g/mol. The van der Waals surface area contributed by atoms with E-state index in [-0.39, 0.29) is 0 Å². The van der Waals surface area contributed by atoms with Crippen molar-refractivity contribution in [3.05, 3.63) is 47.1 Å². The number of rotatable bonds is 2. The smallest absolute Gasteiger partial charge is 0.0944 e. The van der Waals surface area contributed by atoms with Gasteiger partial charge in [0.2, 0.25) is 0 Å². The average molecular weight is 220 g/mol. The molecule has 0 saturated carbocycles. The molecule has 2 N–H and O–H groups in total. The maximum absolute atomic E-state index is 6.04. The van der Waals surface area contributed by atoms with Gasteiger partial charge in [-0.05, 0) is 18.2 Å². The summed E-state index contributed by atoms with van der Waals surface area (Å²) < 4.78 is 0. The fourth-order valence-corrected chi connectivity index (χ4v) is 1.51. The van der Waals surface area contributed by atoms with Gasteiger partial charge < -0.3 is 5.73 Å². The van der Waals surface area contributed by atoms with E-state index in [0.717, 1.165) is 17.0 Å². The Morgan fingerprint density at radius 2 is 1.87 bits per heavy atom. The minimum absolute atomic E-state index is 0.399. The van der Waals surface area contributed by atoms with Crippen molar-refractivity contribution in [1.29, 1.82) is 0 Å². The third-order valence-electron chi connectivity index (χ3n) is 2.08. The zero-order chi connectivity index (χ0) is 10.7. The van der Waals surface area contributed by atoms with Crippen LogP contribution in [-0.2, 0) is 6.54 Å². The summed E-state index contributed by atoms with van der Waals surface area (Å²) in [7, 11) is 0. The van der Waals surface area contributed by atoms with Crippen LogP contribution < -0.4 is 5.73 Å². The molecule has 0 bridgehead atoms. The summed E-state index contributed by atoms with van der Waals surface area (Å²) >= 11 is 6.04. The molecule has 3 nitrogen and oxygen atoms in total. The third-order valence-corrected chi connectivity index (χ3v) is 2.41. The van der Waals surface area contributed by atoms with Crippen molar-refractivity contribution in [3.8, 4) is 11.3 Å². The Labute approximate surface area is 92.9 Å². The molecule has 1 aromatic carbocycles. The van der Waals surface area contributed by atoms with Crippen LogP contribution >= 0.6 is 11.6 Å². The fraction of sp³-hybridized carbons (Fsp3) is 0.0909. The molecule has 0 unspecified atom stereocenters. The first-order valence-corrected chi connectivity index (χ1v) is 4.96. The maximum Gasteiger partial charge on any atom is 0.0944 e. The summed E-state index contributed by atoms with van der Waals surface area (Å²) in [5.41, 5.74) is 7.86. The molecule has 15 heavy (non-hydrogen) atoms. The molecule has 2 rings (SSSR count). The molecule has 0 saturated heterocycles. The largest absolute Gasteiger partial charge is 0.325 e. The first-order chi connectivity index (χ1) is 7.31. The summed E-state index contributed by atoms with van der Waals surface area (Å²) in [6.45, 7) is 0.399. The molecule has 0 radical (unpaired) electrons. The Hall–Kier alpha value is -1.45. The maximum atomic E-state index is 6.04. The first kappa shape index (κ1) is 10.1. The van der Waals surface area contributed by atoms with E-state index in [2.05, 4.69) is 10.2 Å². The number of hydrogen-bond donors (Lipinski definition) is 1. The molecule has 0 atom stereocenters. The van der Waals surface area contributed by atoms with Crippen molar-refractivity contribution in [1.82, 2.24) is 10.2 Å². The molecule has 0 aliphatic carbocycles. The number of aromatic nitrogens is 2. The van der Waals surface area contributed by atoms with Gasteiger partial charge in [-0.3, -0.25) is 0 Å². The number of hydrogen-bond acceptors (Lipinski definition) is 3. The normalized spacial score (nSPS) is 10.3. The van der Waals surface area contributed by atoms with Crippen molar-refractivity contribution in [2.45, 2.75) is 6.54 Å². The summed E-state index contributed by atoms with van der Waals surface area (Å²) in [4.78, 5) is 0. The van der Waals surface area contributed by atoms with Crippen LogP contribution in [-0.4, -0.2) is 10.2 Å². The molecule has 0 aliphatic rings. The van der Waals surface area contributed by atoms with Gasteiger partial charge in [0.25, 0.3) is 0 Å². The highest BCUT2D eigenvalue weighted by Gasteiger charge is 2.03. The first-order valence-electron chi connectivity index (χ1n) is 4.59. The van der Waals surface area contributed by atoms with Crippen LogP contribution in [0.25, 0.3) is 11.3 Å². The highest BCUT2D eigenvalue weighted by Crippen LogP contribution is 2.24. The molecule has 4 heteroatoms. The van der Waals surface area contributed by atoms with E-state index in [1.54, 1.807) is 0 Å². The Morgan fingerprint density at radius 1 is 1.07 bits per heavy atom. The highest BCUT2D eigenvalue weighted by molar-refractivity contribution is 6.33. The van der Waals surface area contributed by atoms with Crippen molar-refractivity contribution < 1.29 is 0 Å². The predicted molar refractivity (Wildman–Crippen MR) is 60.4 cm³/mol. The fourth-order valence-electron chi connectivity index (χ4n) is 1.28. The Morgan fingerprint density at radius 3 is 2.47 bits per heavy atom. The molecule has 0 aliphatic heterocycles. The van der Waals surface area contributed by atoms with Gasteiger partial charge >= 0.3 is 0 Å². The van der Waals surface area contributed by atoms with E-state index >= 15 is 0 Å². The molecule has 1 heterocycles. The van der Waals surface area contributed by atoms with Crippen molar-refractivity contribution >= 4 is 11.6 Å². The van der Waals surface area contributed by atoms with E-state index in [1.165, 1.54) is 0 Å². The monoisotopic (exact) mass is 219 g/mol. The van der Waals surface area contributed by atoms with Gasteiger partial charge in [0.15, 0.2) is 0 Å². The summed E-state index contributed by atoms with van der Waals surface area (Å²) in [6, 6.07) is 11.3. The van der Waals surface area contributed by atoms with Crippen LogP contribution in [0.5, 0.6) is 0 Å². The Balaban J connectivity index is 2.42. The van der Waals surface area contributed by atoms with Gasteiger partial charge in [0.05, 0.1) is 16.4 Å². The Kier molecular flexibility index (Phi) is 2.94. The molecule has 0 amide bonds. The zero-order valence-corrected chi connectivity index (χ0v) is 8.78. The van der Waals surface area contributed by atoms with Gasteiger partial charge in [-0.25, -0.2) is 0 Å². The lowest BCUT2D eigenvalue weighted by Crippen LogP contribution is -2.01.